The van der Waals surface area contributed by atoms with Crippen LogP contribution >= 0.6 is 11.6 Å². The molecule has 0 heterocycles. The van der Waals surface area contributed by atoms with Crippen molar-refractivity contribution < 1.29 is 18.3 Å². The fourth-order valence-electron chi connectivity index (χ4n) is 0.739. The van der Waals surface area contributed by atoms with Gasteiger partial charge in [-0.05, 0) is 13.3 Å². The minimum atomic E-state index is -4.26. The largest absolute Gasteiger partial charge is 0.396 e. The minimum Gasteiger partial charge on any atom is -0.396 e. The second-order valence-electron chi connectivity index (χ2n) is 2.68. The highest BCUT2D eigenvalue weighted by Crippen LogP contribution is 2.33. The average molecular weight is 191 g/mol. The number of aliphatic hydroxyl groups is 1. The van der Waals surface area contributed by atoms with Crippen LogP contribution in [0, 0.1) is 0 Å². The molecule has 0 fully saturated rings. The fourth-order valence-corrected chi connectivity index (χ4v) is 0.975. The predicted molar refractivity (Wildman–Crippen MR) is 36.6 cm³/mol. The smallest absolute Gasteiger partial charge is 0.390 e. The summed E-state index contributed by atoms with van der Waals surface area (Å²) in [5.74, 6) is 0. The van der Waals surface area contributed by atoms with Crippen LogP contribution in [0.3, 0.4) is 0 Å². The summed E-state index contributed by atoms with van der Waals surface area (Å²) in [5, 5.41) is 8.35. The zero-order chi connectivity index (χ0) is 9.12. The molecule has 0 radical (unpaired) electrons. The van der Waals surface area contributed by atoms with Crippen molar-refractivity contribution in [2.45, 2.75) is 30.8 Å². The molecule has 0 aliphatic rings. The summed E-state index contributed by atoms with van der Waals surface area (Å²) in [6, 6.07) is 0. The second-order valence-corrected chi connectivity index (χ2v) is 3.59. The first-order valence-corrected chi connectivity index (χ1v) is 3.51. The van der Waals surface area contributed by atoms with E-state index in [0.29, 0.717) is 0 Å². The van der Waals surface area contributed by atoms with Gasteiger partial charge >= 0.3 is 6.18 Å². The van der Waals surface area contributed by atoms with E-state index in [1.807, 2.05) is 0 Å². The number of hydrogen-bond donors (Lipinski definition) is 1. The summed E-state index contributed by atoms with van der Waals surface area (Å²) in [6.45, 7) is 0.939. The van der Waals surface area contributed by atoms with E-state index in [9.17, 15) is 13.2 Å². The van der Waals surface area contributed by atoms with Crippen molar-refractivity contribution in [1.82, 2.24) is 0 Å². The topological polar surface area (TPSA) is 20.2 Å². The third kappa shape index (κ3) is 6.44. The molecule has 0 saturated heterocycles. The van der Waals surface area contributed by atoms with Crippen LogP contribution in [0.4, 0.5) is 13.2 Å². The van der Waals surface area contributed by atoms with E-state index in [-0.39, 0.29) is 13.0 Å². The van der Waals surface area contributed by atoms with Crippen molar-refractivity contribution in [2.24, 2.45) is 0 Å². The van der Waals surface area contributed by atoms with Gasteiger partial charge in [0.25, 0.3) is 0 Å². The van der Waals surface area contributed by atoms with Gasteiger partial charge in [0.15, 0.2) is 0 Å². The van der Waals surface area contributed by atoms with E-state index in [1.165, 1.54) is 6.92 Å². The van der Waals surface area contributed by atoms with Crippen LogP contribution < -0.4 is 0 Å². The molecule has 11 heavy (non-hydrogen) atoms. The molecule has 1 atom stereocenters. The molecule has 0 rings (SSSR count). The number of aliphatic hydroxyl groups excluding tert-OH is 1. The Kier molecular flexibility index (Phi) is 3.64. The van der Waals surface area contributed by atoms with Gasteiger partial charge in [0.1, 0.15) is 0 Å². The Hall–Kier alpha value is 0.0400. The molecule has 1 N–H and O–H groups in total. The molecule has 0 aromatic rings. The maximum absolute atomic E-state index is 11.7. The Labute approximate surface area is 68.2 Å². The maximum Gasteiger partial charge on any atom is 0.390 e. The Morgan fingerprint density at radius 2 is 1.82 bits per heavy atom. The number of rotatable bonds is 3. The highest BCUT2D eigenvalue weighted by atomic mass is 35.5. The van der Waals surface area contributed by atoms with E-state index < -0.39 is 17.5 Å². The summed E-state index contributed by atoms with van der Waals surface area (Å²) in [7, 11) is 0. The first kappa shape index (κ1) is 11.0. The van der Waals surface area contributed by atoms with Gasteiger partial charge < -0.3 is 5.11 Å². The van der Waals surface area contributed by atoms with E-state index >= 15 is 0 Å². The van der Waals surface area contributed by atoms with Crippen LogP contribution in [0.5, 0.6) is 0 Å². The van der Waals surface area contributed by atoms with Crippen LogP contribution in [-0.4, -0.2) is 22.8 Å². The van der Waals surface area contributed by atoms with Crippen molar-refractivity contribution >= 4 is 11.6 Å². The molecule has 0 aliphatic heterocycles. The van der Waals surface area contributed by atoms with Crippen LogP contribution in [0.2, 0.25) is 0 Å². The summed E-state index contributed by atoms with van der Waals surface area (Å²) in [4.78, 5) is -1.37. The SMILES string of the molecule is CC(Cl)(CCO)CC(F)(F)F. The van der Waals surface area contributed by atoms with Gasteiger partial charge in [0, 0.05) is 6.61 Å². The van der Waals surface area contributed by atoms with Gasteiger partial charge in [-0.25, -0.2) is 0 Å². The average Bonchev–Trinajstić information content (AvgIpc) is 1.55. The van der Waals surface area contributed by atoms with Crippen molar-refractivity contribution in [3.05, 3.63) is 0 Å². The van der Waals surface area contributed by atoms with Crippen molar-refractivity contribution in [3.63, 3.8) is 0 Å². The predicted octanol–water partition coefficient (Wildman–Crippen LogP) is 2.32. The Balaban J connectivity index is 3.91. The van der Waals surface area contributed by atoms with Crippen LogP contribution in [0.25, 0.3) is 0 Å². The standard InChI is InChI=1S/C6H10ClF3O/c1-5(7,2-3-11)4-6(8,9)10/h11H,2-4H2,1H3. The Morgan fingerprint density at radius 1 is 1.36 bits per heavy atom. The quantitative estimate of drug-likeness (QED) is 0.678. The Bertz CT molecular complexity index is 121. The van der Waals surface area contributed by atoms with Gasteiger partial charge in [-0.2, -0.15) is 13.2 Å². The molecule has 0 amide bonds. The molecule has 0 aromatic heterocycles. The van der Waals surface area contributed by atoms with Gasteiger partial charge in [0.2, 0.25) is 0 Å². The lowest BCUT2D eigenvalue weighted by Crippen LogP contribution is -2.26. The molecule has 0 saturated carbocycles. The van der Waals surface area contributed by atoms with E-state index in [0.717, 1.165) is 0 Å². The molecular weight excluding hydrogens is 181 g/mol. The minimum absolute atomic E-state index is 0.0476. The summed E-state index contributed by atoms with van der Waals surface area (Å²) in [5.41, 5.74) is 0. The van der Waals surface area contributed by atoms with Crippen molar-refractivity contribution in [3.8, 4) is 0 Å². The molecular formula is C6H10ClF3O. The highest BCUT2D eigenvalue weighted by Gasteiger charge is 2.37. The lowest BCUT2D eigenvalue weighted by Gasteiger charge is -2.21. The third-order valence-corrected chi connectivity index (χ3v) is 1.52. The number of hydrogen-bond acceptors (Lipinski definition) is 1. The van der Waals surface area contributed by atoms with Crippen LogP contribution in [-0.2, 0) is 0 Å². The molecule has 1 nitrogen and oxygen atoms in total. The highest BCUT2D eigenvalue weighted by molar-refractivity contribution is 6.23. The Morgan fingerprint density at radius 3 is 2.09 bits per heavy atom. The van der Waals surface area contributed by atoms with Gasteiger partial charge in [-0.15, -0.1) is 11.6 Å². The lowest BCUT2D eigenvalue weighted by atomic mass is 10.0. The second kappa shape index (κ2) is 3.63. The molecule has 5 heteroatoms. The summed E-state index contributed by atoms with van der Waals surface area (Å²) < 4.78 is 35.1. The van der Waals surface area contributed by atoms with Gasteiger partial charge in [-0.1, -0.05) is 0 Å². The first-order chi connectivity index (χ1) is 4.77. The van der Waals surface area contributed by atoms with Crippen molar-refractivity contribution in [2.75, 3.05) is 6.61 Å². The molecule has 68 valence electrons. The maximum atomic E-state index is 11.7. The van der Waals surface area contributed by atoms with E-state index in [1.54, 1.807) is 0 Å². The molecule has 0 bridgehead atoms. The van der Waals surface area contributed by atoms with Gasteiger partial charge in [-0.3, -0.25) is 0 Å². The van der Waals surface area contributed by atoms with Crippen molar-refractivity contribution in [1.29, 1.82) is 0 Å². The summed E-state index contributed by atoms with van der Waals surface area (Å²) in [6.07, 6.45) is -5.37. The molecule has 1 unspecified atom stereocenters. The van der Waals surface area contributed by atoms with Crippen LogP contribution in [0.15, 0.2) is 0 Å². The normalized spacial score (nSPS) is 18.0. The monoisotopic (exact) mass is 190 g/mol. The zero-order valence-corrected chi connectivity index (χ0v) is 6.84. The van der Waals surface area contributed by atoms with Crippen LogP contribution in [0.1, 0.15) is 19.8 Å². The molecule has 0 aliphatic carbocycles. The summed E-state index contributed by atoms with van der Waals surface area (Å²) >= 11 is 5.44. The molecule has 0 aromatic carbocycles. The van der Waals surface area contributed by atoms with E-state index in [4.69, 9.17) is 16.7 Å². The lowest BCUT2D eigenvalue weighted by molar-refractivity contribution is -0.141. The number of alkyl halides is 4. The van der Waals surface area contributed by atoms with E-state index in [2.05, 4.69) is 0 Å². The fraction of sp³-hybridized carbons (Fsp3) is 1.00. The van der Waals surface area contributed by atoms with Gasteiger partial charge in [0.05, 0.1) is 11.3 Å². The first-order valence-electron chi connectivity index (χ1n) is 3.13. The zero-order valence-electron chi connectivity index (χ0n) is 6.08. The number of halogens is 4. The third-order valence-electron chi connectivity index (χ3n) is 1.20. The molecule has 0 spiro atoms.